The van der Waals surface area contributed by atoms with Gasteiger partial charge in [0.1, 0.15) is 5.75 Å². The van der Waals surface area contributed by atoms with Crippen LogP contribution in [0.1, 0.15) is 52.9 Å². The summed E-state index contributed by atoms with van der Waals surface area (Å²) in [4.78, 5) is 30.9. The number of rotatable bonds is 11. The maximum Gasteiger partial charge on any atom is 0.323 e. The topological polar surface area (TPSA) is 91.8 Å². The molecule has 1 aromatic carbocycles. The first-order chi connectivity index (χ1) is 16.6. The number of carboxylic acids is 1. The highest BCUT2D eigenvalue weighted by molar-refractivity contribution is 8.01. The van der Waals surface area contributed by atoms with E-state index in [0.29, 0.717) is 41.4 Å². The number of amides is 2. The van der Waals surface area contributed by atoms with Crippen LogP contribution in [0.5, 0.6) is 5.75 Å². The molecule has 10 heteroatoms. The fraction of sp³-hybridized carbons (Fsp3) is 0.560. The number of nitrogens with one attached hydrogen (secondary N) is 1. The molecule has 0 spiro atoms. The lowest BCUT2D eigenvalue weighted by molar-refractivity contribution is -0.145. The van der Waals surface area contributed by atoms with Gasteiger partial charge in [0.25, 0.3) is 0 Å². The highest BCUT2D eigenvalue weighted by Gasteiger charge is 2.29. The molecule has 0 aliphatic heterocycles. The number of nitrogens with zero attached hydrogens (tertiary/aromatic N) is 2. The van der Waals surface area contributed by atoms with E-state index in [4.69, 9.17) is 16.3 Å². The zero-order chi connectivity index (χ0) is 25.4. The molecule has 2 N–H and O–H groups in total. The molecule has 7 nitrogen and oxygen atoms in total. The van der Waals surface area contributed by atoms with Gasteiger partial charge in [-0.25, -0.2) is 9.78 Å². The number of aliphatic carboxylic acids is 1. The quantitative estimate of drug-likeness (QED) is 0.239. The summed E-state index contributed by atoms with van der Waals surface area (Å²) in [5.74, 6) is 1.01. The Hall–Kier alpha value is -1.97. The molecule has 1 aliphatic rings. The van der Waals surface area contributed by atoms with Crippen molar-refractivity contribution in [1.82, 2.24) is 9.88 Å². The average molecular weight is 540 g/mol. The molecule has 1 aromatic heterocycles. The van der Waals surface area contributed by atoms with Gasteiger partial charge >= 0.3 is 12.0 Å². The maximum atomic E-state index is 13.3. The van der Waals surface area contributed by atoms with Gasteiger partial charge in [0.15, 0.2) is 5.13 Å². The SMILES string of the molecule is CC(C)(CSc1cnc(NC(=O)N(CCCOc2cccc(Cl)c2)[C@H]2CC[C@H](C)CC2)s1)C(=O)O. The Bertz CT molecular complexity index is 993. The van der Waals surface area contributed by atoms with Gasteiger partial charge in [-0.3, -0.25) is 10.1 Å². The second-order valence-corrected chi connectivity index (χ2v) is 12.4. The van der Waals surface area contributed by atoms with E-state index in [-0.39, 0.29) is 12.1 Å². The van der Waals surface area contributed by atoms with Gasteiger partial charge in [0.2, 0.25) is 0 Å². The lowest BCUT2D eigenvalue weighted by Crippen LogP contribution is -2.45. The Morgan fingerprint density at radius 2 is 2.06 bits per heavy atom. The molecule has 0 bridgehead atoms. The van der Waals surface area contributed by atoms with Crippen molar-refractivity contribution < 1.29 is 19.4 Å². The highest BCUT2D eigenvalue weighted by Crippen LogP contribution is 2.34. The third-order valence-corrected chi connectivity index (χ3v) is 8.95. The Labute approximate surface area is 220 Å². The van der Waals surface area contributed by atoms with Crippen LogP contribution in [0, 0.1) is 11.3 Å². The van der Waals surface area contributed by atoms with Gasteiger partial charge in [0.05, 0.1) is 22.4 Å². The second-order valence-electron chi connectivity index (χ2n) is 9.66. The number of hydrogen-bond acceptors (Lipinski definition) is 6. The number of hydrogen-bond donors (Lipinski definition) is 2. The van der Waals surface area contributed by atoms with Crippen LogP contribution in [0.4, 0.5) is 9.93 Å². The van der Waals surface area contributed by atoms with Gasteiger partial charge in [-0.2, -0.15) is 0 Å². The molecule has 1 saturated carbocycles. The molecular weight excluding hydrogens is 506 g/mol. The third kappa shape index (κ3) is 8.58. The van der Waals surface area contributed by atoms with Crippen molar-refractivity contribution in [1.29, 1.82) is 0 Å². The minimum absolute atomic E-state index is 0.149. The number of urea groups is 1. The van der Waals surface area contributed by atoms with Crippen molar-refractivity contribution in [3.05, 3.63) is 35.5 Å². The number of anilines is 1. The number of thioether (sulfide) groups is 1. The van der Waals surface area contributed by atoms with Gasteiger partial charge in [0, 0.05) is 23.4 Å². The van der Waals surface area contributed by atoms with E-state index < -0.39 is 11.4 Å². The van der Waals surface area contributed by atoms with E-state index in [0.717, 1.165) is 35.6 Å². The zero-order valence-electron chi connectivity index (χ0n) is 20.5. The van der Waals surface area contributed by atoms with Crippen LogP contribution in [0.25, 0.3) is 0 Å². The molecule has 1 aliphatic carbocycles. The summed E-state index contributed by atoms with van der Waals surface area (Å²) in [6, 6.07) is 7.36. The molecule has 0 unspecified atom stereocenters. The van der Waals surface area contributed by atoms with Crippen LogP contribution in [-0.2, 0) is 4.79 Å². The molecule has 0 atom stereocenters. The van der Waals surface area contributed by atoms with Crippen LogP contribution < -0.4 is 10.1 Å². The van der Waals surface area contributed by atoms with Crippen molar-refractivity contribution in [2.75, 3.05) is 24.2 Å². The van der Waals surface area contributed by atoms with Crippen LogP contribution in [-0.4, -0.2) is 51.9 Å². The number of carbonyl (C=O) groups is 2. The Kier molecular flexibility index (Phi) is 10.1. The van der Waals surface area contributed by atoms with Crippen LogP contribution in [0.2, 0.25) is 5.02 Å². The largest absolute Gasteiger partial charge is 0.493 e. The second kappa shape index (κ2) is 12.8. The summed E-state index contributed by atoms with van der Waals surface area (Å²) < 4.78 is 6.69. The van der Waals surface area contributed by atoms with E-state index in [1.807, 2.05) is 17.0 Å². The molecular formula is C25H34ClN3O4S2. The third-order valence-electron chi connectivity index (χ3n) is 6.15. The number of carboxylic acid groups (broad SMARTS) is 1. The lowest BCUT2D eigenvalue weighted by atomic mass is 9.86. The summed E-state index contributed by atoms with van der Waals surface area (Å²) >= 11 is 8.83. The van der Waals surface area contributed by atoms with Crippen molar-refractivity contribution in [3.63, 3.8) is 0 Å². The molecule has 3 rings (SSSR count). The van der Waals surface area contributed by atoms with E-state index in [1.165, 1.54) is 23.1 Å². The molecule has 2 amide bonds. The minimum Gasteiger partial charge on any atom is -0.493 e. The standard InChI is InChI=1S/C25H34ClN3O4S2/c1-17-8-10-19(11-9-17)29(12-5-13-33-20-7-4-6-18(26)14-20)24(32)28-23-27-15-21(35-23)34-16-25(2,3)22(30)31/h4,6-7,14-15,17,19H,5,8-13,16H2,1-3H3,(H,30,31)(H,27,28,32)/t17-,19-. The predicted octanol–water partition coefficient (Wildman–Crippen LogP) is 6.88. The van der Waals surface area contributed by atoms with Crippen LogP contribution >= 0.6 is 34.7 Å². The molecule has 1 heterocycles. The van der Waals surface area contributed by atoms with Gasteiger partial charge in [-0.1, -0.05) is 35.9 Å². The number of thiazole rings is 1. The Morgan fingerprint density at radius 1 is 1.31 bits per heavy atom. The molecule has 0 radical (unpaired) electrons. The first-order valence-corrected chi connectivity index (χ1v) is 14.1. The fourth-order valence-electron chi connectivity index (χ4n) is 3.85. The average Bonchev–Trinajstić information content (AvgIpc) is 3.26. The van der Waals surface area contributed by atoms with E-state index in [2.05, 4.69) is 17.2 Å². The van der Waals surface area contributed by atoms with E-state index in [9.17, 15) is 14.7 Å². The van der Waals surface area contributed by atoms with Crippen molar-refractivity contribution >= 4 is 51.8 Å². The van der Waals surface area contributed by atoms with E-state index in [1.54, 1.807) is 32.2 Å². The summed E-state index contributed by atoms with van der Waals surface area (Å²) in [6.07, 6.45) is 6.61. The molecule has 0 saturated heterocycles. The minimum atomic E-state index is -0.833. The first kappa shape index (κ1) is 27.6. The normalized spacial score (nSPS) is 18.2. The van der Waals surface area contributed by atoms with E-state index >= 15 is 0 Å². The number of carbonyl (C=O) groups excluding carboxylic acids is 1. The van der Waals surface area contributed by atoms with Crippen molar-refractivity contribution in [2.24, 2.45) is 11.3 Å². The molecule has 1 fully saturated rings. The number of ether oxygens (including phenoxy) is 1. The number of aromatic nitrogens is 1. The van der Waals surface area contributed by atoms with Crippen molar-refractivity contribution in [2.45, 2.75) is 63.1 Å². The molecule has 192 valence electrons. The number of halogens is 1. The summed E-state index contributed by atoms with van der Waals surface area (Å²) in [7, 11) is 0. The predicted molar refractivity (Wildman–Crippen MR) is 143 cm³/mol. The monoisotopic (exact) mass is 539 g/mol. The lowest BCUT2D eigenvalue weighted by Gasteiger charge is -2.36. The van der Waals surface area contributed by atoms with Crippen LogP contribution in [0.3, 0.4) is 0 Å². The van der Waals surface area contributed by atoms with Crippen molar-refractivity contribution in [3.8, 4) is 5.75 Å². The molecule has 35 heavy (non-hydrogen) atoms. The Balaban J connectivity index is 1.57. The number of benzene rings is 1. The summed E-state index contributed by atoms with van der Waals surface area (Å²) in [5, 5.41) is 13.4. The zero-order valence-corrected chi connectivity index (χ0v) is 22.8. The van der Waals surface area contributed by atoms with Gasteiger partial charge in [-0.05, 0) is 70.1 Å². The smallest absolute Gasteiger partial charge is 0.323 e. The summed E-state index contributed by atoms with van der Waals surface area (Å²) in [6.45, 7) is 6.74. The van der Waals surface area contributed by atoms with Crippen LogP contribution in [0.15, 0.2) is 34.7 Å². The summed E-state index contributed by atoms with van der Waals surface area (Å²) in [5.41, 5.74) is -0.833. The van der Waals surface area contributed by atoms with Gasteiger partial charge in [-0.15, -0.1) is 11.8 Å². The van der Waals surface area contributed by atoms with Gasteiger partial charge < -0.3 is 14.7 Å². The first-order valence-electron chi connectivity index (χ1n) is 11.9. The maximum absolute atomic E-state index is 13.3. The highest BCUT2D eigenvalue weighted by atomic mass is 35.5. The fourth-order valence-corrected chi connectivity index (χ4v) is 5.97. The Morgan fingerprint density at radius 3 is 2.74 bits per heavy atom. The molecule has 2 aromatic rings.